The molecule has 0 aromatic heterocycles. The molecule has 0 heterocycles. The molecule has 0 unspecified atom stereocenters. The monoisotopic (exact) mass is 330 g/mol. The third-order valence-corrected chi connectivity index (χ3v) is 3.82. The number of nitrogens with one attached hydrogen (secondary N) is 2. The Labute approximate surface area is 133 Å². The molecule has 0 radical (unpaired) electrons. The van der Waals surface area contributed by atoms with Crippen molar-refractivity contribution in [2.24, 2.45) is 0 Å². The summed E-state index contributed by atoms with van der Waals surface area (Å²) >= 11 is 7.46. The fourth-order valence-electron chi connectivity index (χ4n) is 1.49. The van der Waals surface area contributed by atoms with Crippen LogP contribution >= 0.6 is 23.4 Å². The predicted molar refractivity (Wildman–Crippen MR) is 85.8 cm³/mol. The molecule has 2 amide bonds. The highest BCUT2D eigenvalue weighted by molar-refractivity contribution is 7.99. The molecule has 7 heteroatoms. The molecule has 0 saturated heterocycles. The van der Waals surface area contributed by atoms with Gasteiger partial charge in [-0.2, -0.15) is 11.8 Å². The Hall–Kier alpha value is -1.24. The van der Waals surface area contributed by atoms with Crippen molar-refractivity contribution >= 4 is 35.2 Å². The molecule has 0 aliphatic rings. The number of thioether (sulfide) groups is 1. The average molecular weight is 331 g/mol. The summed E-state index contributed by atoms with van der Waals surface area (Å²) in [6, 6.07) is 6.55. The molecule has 21 heavy (non-hydrogen) atoms. The van der Waals surface area contributed by atoms with Crippen LogP contribution in [-0.2, 0) is 4.79 Å². The summed E-state index contributed by atoms with van der Waals surface area (Å²) in [5.74, 6) is 1.10. The Morgan fingerprint density at radius 2 is 2.05 bits per heavy atom. The van der Waals surface area contributed by atoms with E-state index < -0.39 is 0 Å². The zero-order valence-corrected chi connectivity index (χ0v) is 13.2. The maximum atomic E-state index is 11.8. The van der Waals surface area contributed by atoms with Gasteiger partial charge in [-0.1, -0.05) is 17.7 Å². The van der Waals surface area contributed by atoms with Gasteiger partial charge in [0.05, 0.1) is 6.54 Å². The Kier molecular flexibility index (Phi) is 8.89. The van der Waals surface area contributed by atoms with Crippen LogP contribution in [0.1, 0.15) is 16.8 Å². The summed E-state index contributed by atoms with van der Waals surface area (Å²) in [4.78, 5) is 23.3. The summed E-state index contributed by atoms with van der Waals surface area (Å²) in [6.45, 7) is 0.670. The largest absolute Gasteiger partial charge is 0.396 e. The molecule has 0 saturated carbocycles. The van der Waals surface area contributed by atoms with Gasteiger partial charge in [0.1, 0.15) is 0 Å². The molecule has 0 aliphatic carbocycles. The molecule has 1 rings (SSSR count). The highest BCUT2D eigenvalue weighted by atomic mass is 35.5. The van der Waals surface area contributed by atoms with E-state index in [1.165, 1.54) is 0 Å². The van der Waals surface area contributed by atoms with Crippen LogP contribution in [0.15, 0.2) is 24.3 Å². The van der Waals surface area contributed by atoms with Gasteiger partial charge in [-0.25, -0.2) is 0 Å². The van der Waals surface area contributed by atoms with E-state index in [4.69, 9.17) is 16.7 Å². The lowest BCUT2D eigenvalue weighted by Crippen LogP contribution is -2.37. The van der Waals surface area contributed by atoms with Crippen molar-refractivity contribution in [3.05, 3.63) is 34.9 Å². The first-order valence-corrected chi connectivity index (χ1v) is 8.16. The van der Waals surface area contributed by atoms with E-state index in [0.29, 0.717) is 17.1 Å². The minimum atomic E-state index is -0.329. The van der Waals surface area contributed by atoms with E-state index in [0.717, 1.165) is 17.9 Å². The fourth-order valence-corrected chi connectivity index (χ4v) is 2.46. The Balaban J connectivity index is 2.16. The molecule has 1 aromatic carbocycles. The number of carbonyl (C=O) groups excluding carboxylic acids is 2. The van der Waals surface area contributed by atoms with Crippen LogP contribution in [0.25, 0.3) is 0 Å². The molecular formula is C14H19ClN2O3S. The number of amides is 2. The average Bonchev–Trinajstić information content (AvgIpc) is 2.48. The predicted octanol–water partition coefficient (Wildman–Crippen LogP) is 1.30. The van der Waals surface area contributed by atoms with Crippen LogP contribution in [0.3, 0.4) is 0 Å². The number of carbonyl (C=O) groups is 2. The summed E-state index contributed by atoms with van der Waals surface area (Å²) in [5.41, 5.74) is 0.426. The zero-order chi connectivity index (χ0) is 15.5. The highest BCUT2D eigenvalue weighted by Gasteiger charge is 2.07. The maximum Gasteiger partial charge on any atom is 0.251 e. The van der Waals surface area contributed by atoms with Crippen molar-refractivity contribution in [2.45, 2.75) is 6.42 Å². The van der Waals surface area contributed by atoms with Crippen LogP contribution in [0, 0.1) is 0 Å². The van der Waals surface area contributed by atoms with Gasteiger partial charge in [-0.15, -0.1) is 0 Å². The topological polar surface area (TPSA) is 78.4 Å². The summed E-state index contributed by atoms with van der Waals surface area (Å²) < 4.78 is 0. The van der Waals surface area contributed by atoms with Crippen molar-refractivity contribution < 1.29 is 14.7 Å². The maximum absolute atomic E-state index is 11.8. The van der Waals surface area contributed by atoms with Crippen molar-refractivity contribution in [2.75, 3.05) is 31.2 Å². The minimum Gasteiger partial charge on any atom is -0.396 e. The summed E-state index contributed by atoms with van der Waals surface area (Å²) in [7, 11) is 0. The molecule has 116 valence electrons. The fraction of sp³-hybridized carbons (Fsp3) is 0.429. The smallest absolute Gasteiger partial charge is 0.251 e. The van der Waals surface area contributed by atoms with Gasteiger partial charge in [0, 0.05) is 29.5 Å². The van der Waals surface area contributed by atoms with Crippen molar-refractivity contribution in [1.82, 2.24) is 10.6 Å². The van der Waals surface area contributed by atoms with E-state index in [-0.39, 0.29) is 25.0 Å². The van der Waals surface area contributed by atoms with E-state index in [1.807, 2.05) is 0 Å². The van der Waals surface area contributed by atoms with Gasteiger partial charge in [-0.05, 0) is 30.4 Å². The second kappa shape index (κ2) is 10.5. The second-order valence-corrected chi connectivity index (χ2v) is 5.89. The lowest BCUT2D eigenvalue weighted by molar-refractivity contribution is -0.120. The molecular weight excluding hydrogens is 312 g/mol. The van der Waals surface area contributed by atoms with Gasteiger partial charge in [0.2, 0.25) is 5.91 Å². The standard InChI is InChI=1S/C14H19ClN2O3S/c15-12-4-1-3-11(9-12)14(20)17-10-13(19)16-5-8-21-7-2-6-18/h1,3-4,9,18H,2,5-8,10H2,(H,16,19)(H,17,20). The lowest BCUT2D eigenvalue weighted by Gasteiger charge is -2.07. The first-order valence-electron chi connectivity index (χ1n) is 6.62. The third-order valence-electron chi connectivity index (χ3n) is 2.51. The number of aliphatic hydroxyl groups is 1. The lowest BCUT2D eigenvalue weighted by atomic mass is 10.2. The van der Waals surface area contributed by atoms with Crippen LogP contribution in [0.2, 0.25) is 5.02 Å². The van der Waals surface area contributed by atoms with Crippen molar-refractivity contribution in [3.8, 4) is 0 Å². The zero-order valence-electron chi connectivity index (χ0n) is 11.6. The van der Waals surface area contributed by atoms with Crippen LogP contribution in [0.4, 0.5) is 0 Å². The van der Waals surface area contributed by atoms with Gasteiger partial charge in [0.25, 0.3) is 5.91 Å². The minimum absolute atomic E-state index is 0.0628. The normalized spacial score (nSPS) is 10.2. The number of aliphatic hydroxyl groups excluding tert-OH is 1. The molecule has 0 spiro atoms. The first-order chi connectivity index (χ1) is 10.1. The Morgan fingerprint density at radius 3 is 2.76 bits per heavy atom. The van der Waals surface area contributed by atoms with Gasteiger partial charge >= 0.3 is 0 Å². The van der Waals surface area contributed by atoms with Gasteiger partial charge < -0.3 is 15.7 Å². The summed E-state index contributed by atoms with van der Waals surface area (Å²) in [6.07, 6.45) is 0.758. The highest BCUT2D eigenvalue weighted by Crippen LogP contribution is 2.10. The van der Waals surface area contributed by atoms with Crippen LogP contribution < -0.4 is 10.6 Å². The quantitative estimate of drug-likeness (QED) is 0.596. The van der Waals surface area contributed by atoms with Gasteiger partial charge in [-0.3, -0.25) is 9.59 Å². The molecule has 5 nitrogen and oxygen atoms in total. The number of hydrogen-bond donors (Lipinski definition) is 3. The number of benzene rings is 1. The summed E-state index contributed by atoms with van der Waals surface area (Å²) in [5, 5.41) is 14.3. The second-order valence-electron chi connectivity index (χ2n) is 4.23. The molecule has 1 aromatic rings. The molecule has 0 bridgehead atoms. The SMILES string of the molecule is O=C(CNC(=O)c1cccc(Cl)c1)NCCSCCCO. The number of halogens is 1. The Morgan fingerprint density at radius 1 is 1.24 bits per heavy atom. The molecule has 0 aliphatic heterocycles. The van der Waals surface area contributed by atoms with E-state index >= 15 is 0 Å². The molecule has 3 N–H and O–H groups in total. The number of rotatable bonds is 9. The Bertz CT molecular complexity index is 471. The van der Waals surface area contributed by atoms with E-state index in [1.54, 1.807) is 36.0 Å². The molecule has 0 atom stereocenters. The molecule has 0 fully saturated rings. The van der Waals surface area contributed by atoms with E-state index in [2.05, 4.69) is 10.6 Å². The van der Waals surface area contributed by atoms with Crippen LogP contribution in [0.5, 0.6) is 0 Å². The first kappa shape index (κ1) is 17.8. The third kappa shape index (κ3) is 7.94. The number of hydrogen-bond acceptors (Lipinski definition) is 4. The van der Waals surface area contributed by atoms with Gasteiger partial charge in [0.15, 0.2) is 0 Å². The van der Waals surface area contributed by atoms with E-state index in [9.17, 15) is 9.59 Å². The van der Waals surface area contributed by atoms with Crippen molar-refractivity contribution in [3.63, 3.8) is 0 Å². The van der Waals surface area contributed by atoms with Crippen LogP contribution in [-0.4, -0.2) is 48.1 Å². The van der Waals surface area contributed by atoms with Crippen molar-refractivity contribution in [1.29, 1.82) is 0 Å².